The lowest BCUT2D eigenvalue weighted by Crippen LogP contribution is -2.57. The van der Waals surface area contributed by atoms with Crippen LogP contribution in [0.5, 0.6) is 0 Å². The van der Waals surface area contributed by atoms with Crippen molar-refractivity contribution in [2.24, 2.45) is 11.8 Å². The topological polar surface area (TPSA) is 133 Å². The van der Waals surface area contributed by atoms with Crippen LogP contribution >= 0.6 is 0 Å². The molecule has 4 atom stereocenters. The van der Waals surface area contributed by atoms with Crippen molar-refractivity contribution in [3.63, 3.8) is 0 Å². The minimum absolute atomic E-state index is 0.0105. The van der Waals surface area contributed by atoms with Crippen LogP contribution in [0, 0.1) is 11.8 Å². The molecule has 2 aromatic carbocycles. The fraction of sp³-hybridized carbons (Fsp3) is 0.357. The van der Waals surface area contributed by atoms with Crippen molar-refractivity contribution >= 4 is 35.9 Å². The van der Waals surface area contributed by atoms with Crippen LogP contribution in [0.1, 0.15) is 42.5 Å². The van der Waals surface area contributed by atoms with Gasteiger partial charge in [-0.2, -0.15) is 0 Å². The number of carbonyl (C=O) groups excluding carboxylic acids is 2. The van der Waals surface area contributed by atoms with E-state index >= 15 is 0 Å². The third-order valence-corrected chi connectivity index (χ3v) is 6.93. The fourth-order valence-electron chi connectivity index (χ4n) is 5.22. The number of nitrogens with one attached hydrogen (secondary N) is 1. The maximum absolute atomic E-state index is 13.4. The summed E-state index contributed by atoms with van der Waals surface area (Å²) in [5.74, 6) is -6.44. The minimum Gasteiger partial charge on any atom is -0.481 e. The van der Waals surface area contributed by atoms with Gasteiger partial charge in [0.1, 0.15) is 5.54 Å². The highest BCUT2D eigenvalue weighted by molar-refractivity contribution is 6.10. The van der Waals surface area contributed by atoms with E-state index in [1.807, 2.05) is 61.5 Å². The summed E-state index contributed by atoms with van der Waals surface area (Å²) in [6.07, 6.45) is 3.82. The second-order valence-electron chi connectivity index (χ2n) is 9.32. The number of hydrogen-bond acceptors (Lipinski definition) is 6. The number of benzene rings is 2. The van der Waals surface area contributed by atoms with Crippen LogP contribution in [0.2, 0.25) is 0 Å². The Morgan fingerprint density at radius 2 is 1.62 bits per heavy atom. The quantitative estimate of drug-likeness (QED) is 0.241. The molecule has 9 nitrogen and oxygen atoms in total. The molecule has 2 fully saturated rings. The van der Waals surface area contributed by atoms with Gasteiger partial charge in [-0.3, -0.25) is 29.4 Å². The summed E-state index contributed by atoms with van der Waals surface area (Å²) < 4.78 is 5.43. The van der Waals surface area contributed by atoms with Gasteiger partial charge in [0.05, 0.1) is 31.4 Å². The summed E-state index contributed by atoms with van der Waals surface area (Å²) in [4.78, 5) is 52.0. The first-order chi connectivity index (χ1) is 17.8. The Morgan fingerprint density at radius 3 is 2.22 bits per heavy atom. The van der Waals surface area contributed by atoms with Crippen molar-refractivity contribution in [3.8, 4) is 0 Å². The number of carboxylic acids is 2. The molecule has 2 heterocycles. The SMILES string of the molecule is CCCOCCN1C(=O)C2C(c3ccc(C=Cc4ccccc4)cc3)NC(CC(=O)O)(C(=O)O)C2C1=O. The van der Waals surface area contributed by atoms with Gasteiger partial charge in [-0.15, -0.1) is 0 Å². The third-order valence-electron chi connectivity index (χ3n) is 6.93. The minimum atomic E-state index is -2.11. The van der Waals surface area contributed by atoms with E-state index in [1.54, 1.807) is 12.1 Å². The molecule has 194 valence electrons. The maximum Gasteiger partial charge on any atom is 0.325 e. The van der Waals surface area contributed by atoms with Crippen molar-refractivity contribution in [3.05, 3.63) is 71.3 Å². The van der Waals surface area contributed by atoms with Gasteiger partial charge in [-0.05, 0) is 23.1 Å². The predicted molar refractivity (Wildman–Crippen MR) is 135 cm³/mol. The molecule has 9 heteroatoms. The molecule has 3 N–H and O–H groups in total. The molecule has 2 aliphatic rings. The Hall–Kier alpha value is -3.82. The zero-order chi connectivity index (χ0) is 26.6. The van der Waals surface area contributed by atoms with E-state index in [0.29, 0.717) is 12.2 Å². The third kappa shape index (κ3) is 5.19. The Balaban J connectivity index is 1.64. The van der Waals surface area contributed by atoms with E-state index < -0.39 is 53.6 Å². The maximum atomic E-state index is 13.4. The molecule has 4 rings (SSSR count). The largest absolute Gasteiger partial charge is 0.481 e. The molecule has 2 aromatic rings. The average molecular weight is 507 g/mol. The molecule has 2 aliphatic heterocycles. The number of nitrogens with zero attached hydrogens (tertiary/aromatic N) is 1. The van der Waals surface area contributed by atoms with Gasteiger partial charge in [-0.25, -0.2) is 0 Å². The van der Waals surface area contributed by atoms with E-state index in [1.165, 1.54) is 0 Å². The van der Waals surface area contributed by atoms with Gasteiger partial charge in [0.15, 0.2) is 0 Å². The molecule has 0 aliphatic carbocycles. The predicted octanol–water partition coefficient (Wildman–Crippen LogP) is 2.83. The number of imide groups is 1. The molecule has 2 amide bonds. The summed E-state index contributed by atoms with van der Waals surface area (Å²) >= 11 is 0. The lowest BCUT2D eigenvalue weighted by Gasteiger charge is -2.29. The van der Waals surface area contributed by atoms with Crippen molar-refractivity contribution in [1.29, 1.82) is 0 Å². The van der Waals surface area contributed by atoms with Crippen LogP contribution in [0.3, 0.4) is 0 Å². The molecule has 4 unspecified atom stereocenters. The molecular formula is C28H30N2O7. The van der Waals surface area contributed by atoms with E-state index in [9.17, 15) is 29.4 Å². The number of hydrogen-bond donors (Lipinski definition) is 3. The second kappa shape index (κ2) is 11.1. The fourth-order valence-corrected chi connectivity index (χ4v) is 5.22. The van der Waals surface area contributed by atoms with Crippen molar-refractivity contribution < 1.29 is 34.1 Å². The first-order valence-electron chi connectivity index (χ1n) is 12.3. The van der Waals surface area contributed by atoms with Gasteiger partial charge in [0.2, 0.25) is 11.8 Å². The molecule has 37 heavy (non-hydrogen) atoms. The van der Waals surface area contributed by atoms with Gasteiger partial charge in [0, 0.05) is 12.6 Å². The molecule has 0 saturated carbocycles. The van der Waals surface area contributed by atoms with E-state index in [2.05, 4.69) is 5.32 Å². The normalized spacial score (nSPS) is 25.1. The number of aliphatic carboxylic acids is 2. The molecule has 2 saturated heterocycles. The van der Waals surface area contributed by atoms with Crippen LogP contribution in [-0.2, 0) is 23.9 Å². The van der Waals surface area contributed by atoms with E-state index in [-0.39, 0.29) is 13.2 Å². The highest BCUT2D eigenvalue weighted by Gasteiger charge is 2.68. The molecule has 0 radical (unpaired) electrons. The number of rotatable bonds is 11. The summed E-state index contributed by atoms with van der Waals surface area (Å²) in [5, 5.41) is 22.6. The van der Waals surface area contributed by atoms with Gasteiger partial charge in [-0.1, -0.05) is 73.7 Å². The smallest absolute Gasteiger partial charge is 0.325 e. The Labute approximate surface area is 214 Å². The highest BCUT2D eigenvalue weighted by Crippen LogP contribution is 2.50. The lowest BCUT2D eigenvalue weighted by molar-refractivity contribution is -0.156. The number of fused-ring (bicyclic) bond motifs is 1. The first kappa shape index (κ1) is 26.2. The highest BCUT2D eigenvalue weighted by atomic mass is 16.5. The van der Waals surface area contributed by atoms with Crippen LogP contribution in [-0.4, -0.2) is 64.2 Å². The van der Waals surface area contributed by atoms with Crippen LogP contribution in [0.4, 0.5) is 0 Å². The molecular weight excluding hydrogens is 476 g/mol. The van der Waals surface area contributed by atoms with Crippen LogP contribution in [0.25, 0.3) is 12.2 Å². The number of carboxylic acid groups (broad SMARTS) is 2. The summed E-state index contributed by atoms with van der Waals surface area (Å²) in [5.41, 5.74) is 0.412. The Kier molecular flexibility index (Phi) is 7.85. The second-order valence-corrected chi connectivity index (χ2v) is 9.32. The van der Waals surface area contributed by atoms with Gasteiger partial charge >= 0.3 is 11.9 Å². The van der Waals surface area contributed by atoms with E-state index in [4.69, 9.17) is 4.74 Å². The van der Waals surface area contributed by atoms with Crippen molar-refractivity contribution in [1.82, 2.24) is 10.2 Å². The Bertz CT molecular complexity index is 1190. The number of likely N-dealkylation sites (tertiary alicyclic amines) is 1. The van der Waals surface area contributed by atoms with Crippen LogP contribution in [0.15, 0.2) is 54.6 Å². The summed E-state index contributed by atoms with van der Waals surface area (Å²) in [6, 6.07) is 16.1. The number of amides is 2. The molecule has 0 aromatic heterocycles. The van der Waals surface area contributed by atoms with Crippen molar-refractivity contribution in [2.75, 3.05) is 19.8 Å². The zero-order valence-corrected chi connectivity index (χ0v) is 20.5. The monoisotopic (exact) mass is 506 g/mol. The van der Waals surface area contributed by atoms with Crippen LogP contribution < -0.4 is 5.32 Å². The zero-order valence-electron chi connectivity index (χ0n) is 20.5. The number of ether oxygens (including phenoxy) is 1. The first-order valence-corrected chi connectivity index (χ1v) is 12.3. The van der Waals surface area contributed by atoms with Gasteiger partial charge < -0.3 is 14.9 Å². The number of carbonyl (C=O) groups is 4. The van der Waals surface area contributed by atoms with Gasteiger partial charge in [0.25, 0.3) is 0 Å². The lowest BCUT2D eigenvalue weighted by atomic mass is 9.77. The summed E-state index contributed by atoms with van der Waals surface area (Å²) in [6.45, 7) is 2.52. The summed E-state index contributed by atoms with van der Waals surface area (Å²) in [7, 11) is 0. The van der Waals surface area contributed by atoms with Crippen molar-refractivity contribution in [2.45, 2.75) is 31.3 Å². The standard InChI is InChI=1S/C28H30N2O7/c1-2-15-37-16-14-30-25(33)22-23(26(30)34)28(27(35)36,17-21(31)32)29-24(22)20-12-10-19(11-13-20)9-8-18-6-4-3-5-7-18/h3-13,22-24,29H,2,14-17H2,1H3,(H,31,32)(H,35,36). The average Bonchev–Trinajstić information content (AvgIpc) is 3.35. The molecule has 0 bridgehead atoms. The van der Waals surface area contributed by atoms with E-state index in [0.717, 1.165) is 22.4 Å². The Morgan fingerprint density at radius 1 is 0.973 bits per heavy atom. The molecule has 0 spiro atoms.